The Morgan fingerprint density at radius 1 is 1.20 bits per heavy atom. The van der Waals surface area contributed by atoms with Gasteiger partial charge in [0.25, 0.3) is 5.91 Å². The molecule has 0 aromatic heterocycles. The Hall–Kier alpha value is -2.93. The zero-order valence-corrected chi connectivity index (χ0v) is 13.9. The first-order chi connectivity index (χ1) is 11.9. The van der Waals surface area contributed by atoms with Gasteiger partial charge in [-0.3, -0.25) is 4.79 Å². The maximum Gasteiger partial charge on any atom is 0.342 e. The number of amides is 1. The molecular weight excluding hydrogens is 350 g/mol. The molecular formula is C17H14ClNO6. The first kappa shape index (κ1) is 16.9. The molecule has 3 rings (SSSR count). The fraction of sp³-hybridized carbons (Fsp3) is 0.176. The van der Waals surface area contributed by atoms with Crippen LogP contribution in [0, 0.1) is 0 Å². The van der Waals surface area contributed by atoms with Gasteiger partial charge in [-0.15, -0.1) is 0 Å². The molecule has 0 spiro atoms. The van der Waals surface area contributed by atoms with E-state index in [1.165, 1.54) is 25.1 Å². The highest BCUT2D eigenvalue weighted by Gasteiger charge is 2.22. The number of hydrogen-bond donors (Lipinski definition) is 2. The summed E-state index contributed by atoms with van der Waals surface area (Å²) in [5.41, 5.74) is 0.359. The van der Waals surface area contributed by atoms with E-state index in [4.69, 9.17) is 25.8 Å². The van der Waals surface area contributed by atoms with E-state index in [2.05, 4.69) is 5.32 Å². The molecule has 1 amide bonds. The third-order valence-electron chi connectivity index (χ3n) is 3.47. The Bertz CT molecular complexity index is 838. The number of carbonyl (C=O) groups excluding carboxylic acids is 2. The number of anilines is 1. The molecule has 1 atom stereocenters. The number of hydrogen-bond acceptors (Lipinski definition) is 6. The smallest absolute Gasteiger partial charge is 0.342 e. The Morgan fingerprint density at radius 2 is 1.96 bits per heavy atom. The van der Waals surface area contributed by atoms with E-state index < -0.39 is 18.0 Å². The summed E-state index contributed by atoms with van der Waals surface area (Å²) in [5, 5.41) is 12.6. The quantitative estimate of drug-likeness (QED) is 0.811. The number of nitrogens with one attached hydrogen (secondary N) is 1. The van der Waals surface area contributed by atoms with Gasteiger partial charge in [0.15, 0.2) is 17.6 Å². The molecule has 0 saturated carbocycles. The minimum absolute atomic E-state index is 0.116. The van der Waals surface area contributed by atoms with Crippen molar-refractivity contribution >= 4 is 29.2 Å². The second-order valence-corrected chi connectivity index (χ2v) is 5.70. The first-order valence-electron chi connectivity index (χ1n) is 7.34. The second kappa shape index (κ2) is 6.90. The van der Waals surface area contributed by atoms with E-state index in [-0.39, 0.29) is 23.1 Å². The molecule has 25 heavy (non-hydrogen) atoms. The van der Waals surface area contributed by atoms with Crippen molar-refractivity contribution in [1.82, 2.24) is 0 Å². The summed E-state index contributed by atoms with van der Waals surface area (Å²) in [6.45, 7) is 1.55. The third-order valence-corrected chi connectivity index (χ3v) is 3.71. The van der Waals surface area contributed by atoms with Crippen molar-refractivity contribution in [3.63, 3.8) is 0 Å². The number of benzene rings is 2. The van der Waals surface area contributed by atoms with Gasteiger partial charge in [-0.2, -0.15) is 0 Å². The SMILES string of the molecule is C[C@@H](OC(=O)c1cc(Cl)ccc1O)C(=O)Nc1ccc2c(c1)OCO2. The van der Waals surface area contributed by atoms with Gasteiger partial charge in [0.2, 0.25) is 6.79 Å². The minimum atomic E-state index is -1.09. The maximum atomic E-state index is 12.2. The van der Waals surface area contributed by atoms with Gasteiger partial charge in [-0.1, -0.05) is 11.6 Å². The van der Waals surface area contributed by atoms with Crippen molar-refractivity contribution in [2.45, 2.75) is 13.0 Å². The lowest BCUT2D eigenvalue weighted by Gasteiger charge is -2.14. The normalized spacial score (nSPS) is 13.2. The van der Waals surface area contributed by atoms with Gasteiger partial charge in [0.05, 0.1) is 0 Å². The molecule has 2 aromatic rings. The number of fused-ring (bicyclic) bond motifs is 1. The fourth-order valence-corrected chi connectivity index (χ4v) is 2.34. The zero-order valence-electron chi connectivity index (χ0n) is 13.1. The summed E-state index contributed by atoms with van der Waals surface area (Å²) in [4.78, 5) is 24.3. The molecule has 0 bridgehead atoms. The second-order valence-electron chi connectivity index (χ2n) is 5.27. The van der Waals surface area contributed by atoms with E-state index >= 15 is 0 Å². The molecule has 0 fully saturated rings. The van der Waals surface area contributed by atoms with Crippen LogP contribution in [0.2, 0.25) is 5.02 Å². The summed E-state index contributed by atoms with van der Waals surface area (Å²) in [7, 11) is 0. The number of halogens is 1. The van der Waals surface area contributed by atoms with Crippen LogP contribution in [-0.4, -0.2) is 29.9 Å². The van der Waals surface area contributed by atoms with Gasteiger partial charge >= 0.3 is 5.97 Å². The summed E-state index contributed by atoms with van der Waals surface area (Å²) in [6, 6.07) is 8.89. The number of carbonyl (C=O) groups is 2. The molecule has 0 saturated heterocycles. The molecule has 1 heterocycles. The van der Waals surface area contributed by atoms with Crippen LogP contribution in [-0.2, 0) is 9.53 Å². The molecule has 0 radical (unpaired) electrons. The van der Waals surface area contributed by atoms with Crippen LogP contribution in [0.4, 0.5) is 5.69 Å². The number of ether oxygens (including phenoxy) is 3. The predicted molar refractivity (Wildman–Crippen MR) is 89.2 cm³/mol. The van der Waals surface area contributed by atoms with Gasteiger partial charge < -0.3 is 24.6 Å². The molecule has 1 aliphatic rings. The lowest BCUT2D eigenvalue weighted by molar-refractivity contribution is -0.123. The fourth-order valence-electron chi connectivity index (χ4n) is 2.17. The molecule has 1 aliphatic heterocycles. The highest BCUT2D eigenvalue weighted by atomic mass is 35.5. The van der Waals surface area contributed by atoms with Crippen LogP contribution in [0.15, 0.2) is 36.4 Å². The average molecular weight is 364 g/mol. The molecule has 7 nitrogen and oxygen atoms in total. The number of phenolic OH excluding ortho intramolecular Hbond substituents is 1. The average Bonchev–Trinajstić information content (AvgIpc) is 3.04. The van der Waals surface area contributed by atoms with Crippen LogP contribution in [0.5, 0.6) is 17.2 Å². The zero-order chi connectivity index (χ0) is 18.0. The lowest BCUT2D eigenvalue weighted by Crippen LogP contribution is -2.30. The predicted octanol–water partition coefficient (Wildman–Crippen LogP) is 2.96. The summed E-state index contributed by atoms with van der Waals surface area (Å²) in [6.07, 6.45) is -1.09. The summed E-state index contributed by atoms with van der Waals surface area (Å²) >= 11 is 5.79. The monoisotopic (exact) mass is 363 g/mol. The van der Waals surface area contributed by atoms with E-state index in [0.717, 1.165) is 0 Å². The van der Waals surface area contributed by atoms with Gasteiger partial charge in [0, 0.05) is 16.8 Å². The highest BCUT2D eigenvalue weighted by molar-refractivity contribution is 6.31. The lowest BCUT2D eigenvalue weighted by atomic mass is 10.2. The van der Waals surface area contributed by atoms with E-state index in [0.29, 0.717) is 17.2 Å². The maximum absolute atomic E-state index is 12.2. The largest absolute Gasteiger partial charge is 0.507 e. The standard InChI is InChI=1S/C17H14ClNO6/c1-9(25-17(22)12-6-10(18)2-4-13(12)20)16(21)19-11-3-5-14-15(7-11)24-8-23-14/h2-7,9,20H,8H2,1H3,(H,19,21)/t9-/m1/s1. The molecule has 8 heteroatoms. The molecule has 2 aromatic carbocycles. The van der Waals surface area contributed by atoms with Crippen molar-refractivity contribution in [1.29, 1.82) is 0 Å². The van der Waals surface area contributed by atoms with Crippen LogP contribution in [0.25, 0.3) is 0 Å². The number of rotatable bonds is 4. The van der Waals surface area contributed by atoms with E-state index in [1.54, 1.807) is 18.2 Å². The molecule has 0 aliphatic carbocycles. The van der Waals surface area contributed by atoms with Gasteiger partial charge in [0.1, 0.15) is 11.3 Å². The van der Waals surface area contributed by atoms with Crippen LogP contribution >= 0.6 is 11.6 Å². The van der Waals surface area contributed by atoms with Crippen LogP contribution in [0.3, 0.4) is 0 Å². The number of phenols is 1. The molecule has 0 unspecified atom stereocenters. The van der Waals surface area contributed by atoms with Crippen LogP contribution < -0.4 is 14.8 Å². The van der Waals surface area contributed by atoms with Crippen molar-refractivity contribution in [3.8, 4) is 17.2 Å². The van der Waals surface area contributed by atoms with Crippen molar-refractivity contribution < 1.29 is 28.9 Å². The Morgan fingerprint density at radius 3 is 2.76 bits per heavy atom. The van der Waals surface area contributed by atoms with E-state index in [9.17, 15) is 14.7 Å². The Labute approximate surface area is 148 Å². The molecule has 2 N–H and O–H groups in total. The Balaban J connectivity index is 1.64. The minimum Gasteiger partial charge on any atom is -0.507 e. The van der Waals surface area contributed by atoms with Crippen molar-refractivity contribution in [2.24, 2.45) is 0 Å². The summed E-state index contributed by atoms with van der Waals surface area (Å²) in [5.74, 6) is -0.556. The Kier molecular flexibility index (Phi) is 4.67. The number of aromatic hydroxyl groups is 1. The topological polar surface area (TPSA) is 94.1 Å². The summed E-state index contributed by atoms with van der Waals surface area (Å²) < 4.78 is 15.5. The van der Waals surface area contributed by atoms with Crippen LogP contribution in [0.1, 0.15) is 17.3 Å². The first-order valence-corrected chi connectivity index (χ1v) is 7.72. The van der Waals surface area contributed by atoms with Crippen molar-refractivity contribution in [2.75, 3.05) is 12.1 Å². The van der Waals surface area contributed by atoms with Crippen molar-refractivity contribution in [3.05, 3.63) is 47.0 Å². The van der Waals surface area contributed by atoms with Gasteiger partial charge in [-0.25, -0.2) is 4.79 Å². The van der Waals surface area contributed by atoms with Gasteiger partial charge in [-0.05, 0) is 37.3 Å². The molecule has 130 valence electrons. The third kappa shape index (κ3) is 3.77. The highest BCUT2D eigenvalue weighted by Crippen LogP contribution is 2.34. The van der Waals surface area contributed by atoms with E-state index in [1.807, 2.05) is 0 Å². The number of esters is 1.